The second-order valence-corrected chi connectivity index (χ2v) is 3.76. The Labute approximate surface area is 97.6 Å². The molecular formula is C11H10ClN3O. The van der Waals surface area contributed by atoms with Crippen molar-refractivity contribution in [3.05, 3.63) is 48.3 Å². The number of benzene rings is 1. The molecule has 0 saturated heterocycles. The number of para-hydroxylation sites is 1. The molecule has 2 N–H and O–H groups in total. The van der Waals surface area contributed by atoms with Crippen LogP contribution in [0.15, 0.2) is 42.7 Å². The second-order valence-electron chi connectivity index (χ2n) is 3.32. The molecule has 0 aliphatic rings. The van der Waals surface area contributed by atoms with Crippen molar-refractivity contribution in [2.45, 2.75) is 5.38 Å². The topological polar surface area (TPSA) is 60.9 Å². The first-order valence-corrected chi connectivity index (χ1v) is 5.15. The number of amides is 1. The zero-order chi connectivity index (χ0) is 11.5. The molecule has 0 saturated carbocycles. The highest BCUT2D eigenvalue weighted by molar-refractivity contribution is 6.30. The van der Waals surface area contributed by atoms with Crippen LogP contribution in [-0.2, 0) is 4.79 Å². The Morgan fingerprint density at radius 3 is 2.69 bits per heavy atom. The third-order valence-corrected chi connectivity index (χ3v) is 2.63. The number of carbonyl (C=O) groups is 1. The van der Waals surface area contributed by atoms with E-state index in [1.165, 1.54) is 6.20 Å². The Morgan fingerprint density at radius 1 is 1.38 bits per heavy atom. The summed E-state index contributed by atoms with van der Waals surface area (Å²) in [7, 11) is 0. The maximum atomic E-state index is 10.9. The highest BCUT2D eigenvalue weighted by Crippen LogP contribution is 2.20. The Kier molecular flexibility index (Phi) is 2.92. The molecule has 16 heavy (non-hydrogen) atoms. The fourth-order valence-electron chi connectivity index (χ4n) is 1.35. The molecule has 0 aliphatic heterocycles. The lowest BCUT2D eigenvalue weighted by Gasteiger charge is -2.01. The van der Waals surface area contributed by atoms with Crippen LogP contribution in [0.4, 0.5) is 0 Å². The second kappa shape index (κ2) is 4.37. The van der Waals surface area contributed by atoms with Gasteiger partial charge in [-0.25, -0.2) is 4.68 Å². The number of hydrogen-bond acceptors (Lipinski definition) is 2. The number of carbonyl (C=O) groups excluding carboxylic acids is 1. The van der Waals surface area contributed by atoms with Crippen LogP contribution in [0, 0.1) is 0 Å². The fourth-order valence-corrected chi connectivity index (χ4v) is 1.47. The van der Waals surface area contributed by atoms with Gasteiger partial charge in [-0.3, -0.25) is 4.79 Å². The van der Waals surface area contributed by atoms with Crippen LogP contribution in [0.2, 0.25) is 0 Å². The largest absolute Gasteiger partial charge is 0.368 e. The first-order valence-electron chi connectivity index (χ1n) is 4.72. The van der Waals surface area contributed by atoms with Crippen LogP contribution < -0.4 is 5.73 Å². The number of rotatable bonds is 3. The van der Waals surface area contributed by atoms with Crippen LogP contribution in [0.5, 0.6) is 0 Å². The van der Waals surface area contributed by atoms with E-state index in [0.29, 0.717) is 5.56 Å². The van der Waals surface area contributed by atoms with Gasteiger partial charge in [0.2, 0.25) is 5.91 Å². The summed E-state index contributed by atoms with van der Waals surface area (Å²) in [4.78, 5) is 10.9. The Morgan fingerprint density at radius 2 is 2.06 bits per heavy atom. The third kappa shape index (κ3) is 2.06. The molecular weight excluding hydrogens is 226 g/mol. The van der Waals surface area contributed by atoms with Gasteiger partial charge in [0, 0.05) is 11.8 Å². The molecule has 0 aliphatic carbocycles. The van der Waals surface area contributed by atoms with Crippen LogP contribution in [0.25, 0.3) is 5.69 Å². The summed E-state index contributed by atoms with van der Waals surface area (Å²) >= 11 is 5.81. The number of aromatic nitrogens is 2. The predicted molar refractivity (Wildman–Crippen MR) is 61.4 cm³/mol. The van der Waals surface area contributed by atoms with Gasteiger partial charge in [0.05, 0.1) is 11.9 Å². The van der Waals surface area contributed by atoms with E-state index in [1.807, 2.05) is 30.3 Å². The average molecular weight is 236 g/mol. The normalized spacial score (nSPS) is 12.3. The van der Waals surface area contributed by atoms with Crippen molar-refractivity contribution in [3.8, 4) is 5.69 Å². The Balaban J connectivity index is 2.30. The van der Waals surface area contributed by atoms with Gasteiger partial charge in [-0.15, -0.1) is 11.6 Å². The lowest BCUT2D eigenvalue weighted by Crippen LogP contribution is -2.16. The lowest BCUT2D eigenvalue weighted by atomic mass is 10.2. The number of halogens is 1. The van der Waals surface area contributed by atoms with Crippen molar-refractivity contribution < 1.29 is 4.79 Å². The van der Waals surface area contributed by atoms with E-state index >= 15 is 0 Å². The number of nitrogens with zero attached hydrogens (tertiary/aromatic N) is 2. The first-order chi connectivity index (χ1) is 7.68. The summed E-state index contributed by atoms with van der Waals surface area (Å²) in [6.45, 7) is 0. The molecule has 0 fully saturated rings. The lowest BCUT2D eigenvalue weighted by molar-refractivity contribution is -0.117. The quantitative estimate of drug-likeness (QED) is 0.822. The van der Waals surface area contributed by atoms with Crippen LogP contribution in [0.1, 0.15) is 10.9 Å². The summed E-state index contributed by atoms with van der Waals surface area (Å²) < 4.78 is 1.65. The molecule has 0 spiro atoms. The van der Waals surface area contributed by atoms with Gasteiger partial charge in [0.1, 0.15) is 5.38 Å². The van der Waals surface area contributed by atoms with Gasteiger partial charge < -0.3 is 5.73 Å². The highest BCUT2D eigenvalue weighted by Gasteiger charge is 2.16. The van der Waals surface area contributed by atoms with Crippen molar-refractivity contribution in [3.63, 3.8) is 0 Å². The maximum absolute atomic E-state index is 10.9. The van der Waals surface area contributed by atoms with E-state index in [4.69, 9.17) is 17.3 Å². The zero-order valence-corrected chi connectivity index (χ0v) is 9.13. The third-order valence-electron chi connectivity index (χ3n) is 2.17. The van der Waals surface area contributed by atoms with Crippen molar-refractivity contribution in [1.82, 2.24) is 9.78 Å². The number of nitrogens with two attached hydrogens (primary N) is 1. The molecule has 2 aromatic rings. The minimum atomic E-state index is -0.836. The molecule has 4 nitrogen and oxygen atoms in total. The van der Waals surface area contributed by atoms with Gasteiger partial charge in [-0.2, -0.15) is 5.10 Å². The van der Waals surface area contributed by atoms with Crippen molar-refractivity contribution in [2.24, 2.45) is 5.73 Å². The minimum Gasteiger partial charge on any atom is -0.368 e. The standard InChI is InChI=1S/C11H10ClN3O/c12-10(11(13)16)8-6-14-15(7-8)9-4-2-1-3-5-9/h1-7,10H,(H2,13,16). The van der Waals surface area contributed by atoms with E-state index in [-0.39, 0.29) is 0 Å². The van der Waals surface area contributed by atoms with E-state index < -0.39 is 11.3 Å². The highest BCUT2D eigenvalue weighted by atomic mass is 35.5. The molecule has 1 amide bonds. The molecule has 0 bridgehead atoms. The summed E-state index contributed by atoms with van der Waals surface area (Å²) in [6.07, 6.45) is 3.23. The molecule has 5 heteroatoms. The smallest absolute Gasteiger partial charge is 0.240 e. The summed E-state index contributed by atoms with van der Waals surface area (Å²) in [5, 5.41) is 3.28. The van der Waals surface area contributed by atoms with Gasteiger partial charge >= 0.3 is 0 Å². The van der Waals surface area contributed by atoms with E-state index in [0.717, 1.165) is 5.69 Å². The van der Waals surface area contributed by atoms with E-state index in [2.05, 4.69) is 5.10 Å². The SMILES string of the molecule is NC(=O)C(Cl)c1cnn(-c2ccccc2)c1. The van der Waals surface area contributed by atoms with Crippen LogP contribution >= 0.6 is 11.6 Å². The Bertz CT molecular complexity index is 495. The summed E-state index contributed by atoms with van der Waals surface area (Å²) in [6, 6.07) is 9.54. The number of hydrogen-bond donors (Lipinski definition) is 1. The van der Waals surface area contributed by atoms with Crippen LogP contribution in [0.3, 0.4) is 0 Å². The maximum Gasteiger partial charge on any atom is 0.240 e. The summed E-state index contributed by atoms with van der Waals surface area (Å²) in [5.74, 6) is -0.575. The van der Waals surface area contributed by atoms with Gasteiger partial charge in [0.15, 0.2) is 0 Å². The molecule has 0 radical (unpaired) electrons. The van der Waals surface area contributed by atoms with E-state index in [1.54, 1.807) is 10.9 Å². The monoisotopic (exact) mass is 235 g/mol. The minimum absolute atomic E-state index is 0.575. The number of primary amides is 1. The molecule has 1 aromatic carbocycles. The molecule has 1 unspecified atom stereocenters. The summed E-state index contributed by atoms with van der Waals surface area (Å²) in [5.41, 5.74) is 6.61. The molecule has 1 atom stereocenters. The molecule has 2 rings (SSSR count). The first kappa shape index (κ1) is 10.7. The van der Waals surface area contributed by atoms with Gasteiger partial charge in [-0.05, 0) is 12.1 Å². The Hall–Kier alpha value is -1.81. The van der Waals surface area contributed by atoms with Crippen molar-refractivity contribution in [1.29, 1.82) is 0 Å². The number of alkyl halides is 1. The average Bonchev–Trinajstić information content (AvgIpc) is 2.78. The molecule has 1 heterocycles. The molecule has 82 valence electrons. The van der Waals surface area contributed by atoms with Crippen molar-refractivity contribution in [2.75, 3.05) is 0 Å². The van der Waals surface area contributed by atoms with Gasteiger partial charge in [0.25, 0.3) is 0 Å². The predicted octanol–water partition coefficient (Wildman–Crippen LogP) is 1.64. The fraction of sp³-hybridized carbons (Fsp3) is 0.0909. The van der Waals surface area contributed by atoms with Gasteiger partial charge in [-0.1, -0.05) is 18.2 Å². The molecule has 1 aromatic heterocycles. The zero-order valence-electron chi connectivity index (χ0n) is 8.38. The van der Waals surface area contributed by atoms with E-state index in [9.17, 15) is 4.79 Å². The van der Waals surface area contributed by atoms with Crippen molar-refractivity contribution >= 4 is 17.5 Å². The van der Waals surface area contributed by atoms with Crippen LogP contribution in [-0.4, -0.2) is 15.7 Å².